The van der Waals surface area contributed by atoms with Gasteiger partial charge in [-0.05, 0) is 42.9 Å². The van der Waals surface area contributed by atoms with Gasteiger partial charge in [0.2, 0.25) is 17.3 Å². The van der Waals surface area contributed by atoms with E-state index in [1.165, 1.54) is 17.8 Å². The summed E-state index contributed by atoms with van der Waals surface area (Å²) in [7, 11) is 0. The number of hydrogen-bond donors (Lipinski definition) is 2. The van der Waals surface area contributed by atoms with Crippen LogP contribution >= 0.6 is 11.8 Å². The lowest BCUT2D eigenvalue weighted by molar-refractivity contribution is 0.0967. The van der Waals surface area contributed by atoms with Crippen LogP contribution in [-0.4, -0.2) is 41.0 Å². The number of nitrogens with zero attached hydrogens (tertiary/aromatic N) is 1. The van der Waals surface area contributed by atoms with Gasteiger partial charge in [0, 0.05) is 18.3 Å². The van der Waals surface area contributed by atoms with Crippen molar-refractivity contribution >= 4 is 41.0 Å². The molecule has 1 aliphatic rings. The minimum absolute atomic E-state index is 0.126. The molecule has 0 saturated heterocycles. The Balaban J connectivity index is 1.26. The second-order valence-electron chi connectivity index (χ2n) is 7.44. The summed E-state index contributed by atoms with van der Waals surface area (Å²) in [6.45, 7) is 0.401. The van der Waals surface area contributed by atoms with Crippen LogP contribution < -0.4 is 15.4 Å². The van der Waals surface area contributed by atoms with E-state index in [0.717, 1.165) is 0 Å². The Bertz CT molecular complexity index is 1270. The molecule has 0 fully saturated rings. The molecule has 178 valence electrons. The van der Waals surface area contributed by atoms with Crippen LogP contribution in [0.15, 0.2) is 76.2 Å². The van der Waals surface area contributed by atoms with Crippen LogP contribution in [0.3, 0.4) is 0 Å². The number of allylic oxidation sites excluding steroid dienone is 2. The smallest absolute Gasteiger partial charge is 0.410 e. The lowest BCUT2D eigenvalue weighted by atomic mass is 9.99. The highest BCUT2D eigenvalue weighted by molar-refractivity contribution is 8.04. The third-order valence-electron chi connectivity index (χ3n) is 4.93. The predicted molar refractivity (Wildman–Crippen MR) is 130 cm³/mol. The minimum Gasteiger partial charge on any atom is -0.410 e. The molecule has 1 heterocycles. The maximum atomic E-state index is 13.0. The van der Waals surface area contributed by atoms with Crippen molar-refractivity contribution in [3.8, 4) is 5.75 Å². The second kappa shape index (κ2) is 11.3. The molecule has 4 rings (SSSR count). The van der Waals surface area contributed by atoms with E-state index in [1.807, 2.05) is 6.07 Å². The quantitative estimate of drug-likeness (QED) is 0.419. The molecule has 2 amide bonds. The fraction of sp³-hybridized carbons (Fsp3) is 0.160. The molecule has 0 aliphatic heterocycles. The first kappa shape index (κ1) is 24.0. The van der Waals surface area contributed by atoms with Gasteiger partial charge in [-0.25, -0.2) is 4.79 Å². The third kappa shape index (κ3) is 6.04. The third-order valence-corrected chi connectivity index (χ3v) is 6.03. The molecule has 10 heteroatoms. The van der Waals surface area contributed by atoms with Gasteiger partial charge in [0.1, 0.15) is 11.3 Å². The predicted octanol–water partition coefficient (Wildman–Crippen LogP) is 4.49. The first-order valence-electron chi connectivity index (χ1n) is 10.8. The van der Waals surface area contributed by atoms with E-state index in [-0.39, 0.29) is 21.9 Å². The fourth-order valence-electron chi connectivity index (χ4n) is 3.25. The standard InChI is InChI=1S/C25H21N3O6S/c29-18-15-19(35-14-8-7-13-26-25(32)33-17-11-5-2-6-12-17)22(30)20-21(28-34-23(18)20)24(31)27-16-9-3-1-4-10-16/h1-6,9-12,15H,7-8,13-14H2,(H,26,32)(H,27,31). The first-order chi connectivity index (χ1) is 17.0. The Morgan fingerprint density at radius 3 is 2.43 bits per heavy atom. The van der Waals surface area contributed by atoms with Crippen molar-refractivity contribution < 1.29 is 28.4 Å². The molecule has 0 saturated carbocycles. The van der Waals surface area contributed by atoms with Crippen LogP contribution in [0.4, 0.5) is 10.5 Å². The maximum absolute atomic E-state index is 13.0. The first-order valence-corrected chi connectivity index (χ1v) is 11.8. The molecule has 0 unspecified atom stereocenters. The van der Waals surface area contributed by atoms with E-state index >= 15 is 0 Å². The zero-order valence-corrected chi connectivity index (χ0v) is 19.3. The average Bonchev–Trinajstić information content (AvgIpc) is 3.32. The molecule has 3 aromatic rings. The highest BCUT2D eigenvalue weighted by Gasteiger charge is 2.36. The number of rotatable bonds is 9. The van der Waals surface area contributed by atoms with Crippen molar-refractivity contribution in [1.29, 1.82) is 0 Å². The summed E-state index contributed by atoms with van der Waals surface area (Å²) in [5, 5.41) is 8.98. The summed E-state index contributed by atoms with van der Waals surface area (Å²) in [4.78, 5) is 50.1. The number of ether oxygens (including phenoxy) is 1. The molecule has 1 aromatic heterocycles. The SMILES string of the molecule is O=C(NCCCCSC1=CC(=O)c2onc(C(=O)Nc3ccccc3)c2C1=O)Oc1ccccc1. The van der Waals surface area contributed by atoms with Crippen LogP contribution in [-0.2, 0) is 0 Å². The number of carbonyl (C=O) groups excluding carboxylic acids is 4. The Kier molecular flexibility index (Phi) is 7.74. The van der Waals surface area contributed by atoms with Gasteiger partial charge in [0.15, 0.2) is 5.69 Å². The van der Waals surface area contributed by atoms with Crippen LogP contribution in [0.1, 0.15) is 44.2 Å². The van der Waals surface area contributed by atoms with Crippen LogP contribution in [0.5, 0.6) is 5.75 Å². The molecule has 2 aromatic carbocycles. The number of ketones is 2. The lowest BCUT2D eigenvalue weighted by Gasteiger charge is -2.11. The Labute approximate surface area is 204 Å². The van der Waals surface area contributed by atoms with Crippen LogP contribution in [0.2, 0.25) is 0 Å². The summed E-state index contributed by atoms with van der Waals surface area (Å²) >= 11 is 1.21. The zero-order chi connectivity index (χ0) is 24.6. The molecular weight excluding hydrogens is 470 g/mol. The van der Waals surface area contributed by atoms with E-state index in [1.54, 1.807) is 54.6 Å². The van der Waals surface area contributed by atoms with E-state index in [9.17, 15) is 19.2 Å². The van der Waals surface area contributed by atoms with E-state index < -0.39 is 23.6 Å². The van der Waals surface area contributed by atoms with Crippen molar-refractivity contribution in [2.24, 2.45) is 0 Å². The summed E-state index contributed by atoms with van der Waals surface area (Å²) in [6.07, 6.45) is 1.98. The molecule has 35 heavy (non-hydrogen) atoms. The van der Waals surface area contributed by atoms with Gasteiger partial charge in [-0.15, -0.1) is 11.8 Å². The Morgan fingerprint density at radius 1 is 0.971 bits per heavy atom. The number of anilines is 1. The largest absolute Gasteiger partial charge is 0.412 e. The number of thioether (sulfide) groups is 1. The number of nitrogens with one attached hydrogen (secondary N) is 2. The molecule has 9 nitrogen and oxygen atoms in total. The van der Waals surface area contributed by atoms with E-state index in [2.05, 4.69) is 15.8 Å². The molecule has 0 radical (unpaired) electrons. The topological polar surface area (TPSA) is 128 Å². The molecule has 0 bridgehead atoms. The normalized spacial score (nSPS) is 12.5. The van der Waals surface area contributed by atoms with E-state index in [0.29, 0.717) is 36.6 Å². The number of amides is 2. The number of para-hydroxylation sites is 2. The number of aromatic nitrogens is 1. The number of hydrogen-bond acceptors (Lipinski definition) is 8. The zero-order valence-electron chi connectivity index (χ0n) is 18.5. The van der Waals surface area contributed by atoms with Crippen molar-refractivity contribution in [3.63, 3.8) is 0 Å². The highest BCUT2D eigenvalue weighted by atomic mass is 32.2. The molecule has 1 aliphatic carbocycles. The van der Waals surface area contributed by atoms with Crippen molar-refractivity contribution in [2.75, 3.05) is 17.6 Å². The Morgan fingerprint density at radius 2 is 1.69 bits per heavy atom. The molecular formula is C25H21N3O6S. The molecule has 0 atom stereocenters. The minimum atomic E-state index is -0.637. The van der Waals surface area contributed by atoms with Gasteiger partial charge in [0.05, 0.1) is 4.91 Å². The van der Waals surface area contributed by atoms with Gasteiger partial charge >= 0.3 is 6.09 Å². The average molecular weight is 492 g/mol. The summed E-state index contributed by atoms with van der Waals surface area (Å²) < 4.78 is 10.2. The van der Waals surface area contributed by atoms with Crippen molar-refractivity contribution in [3.05, 3.63) is 88.7 Å². The van der Waals surface area contributed by atoms with Gasteiger partial charge in [-0.3, -0.25) is 14.4 Å². The molecule has 2 N–H and O–H groups in total. The van der Waals surface area contributed by atoms with Gasteiger partial charge in [0.25, 0.3) is 5.91 Å². The number of benzene rings is 2. The van der Waals surface area contributed by atoms with Crippen LogP contribution in [0, 0.1) is 0 Å². The van der Waals surface area contributed by atoms with Crippen LogP contribution in [0.25, 0.3) is 0 Å². The number of unbranched alkanes of at least 4 members (excludes halogenated alkanes) is 1. The highest BCUT2D eigenvalue weighted by Crippen LogP contribution is 2.31. The van der Waals surface area contributed by atoms with Crippen molar-refractivity contribution in [2.45, 2.75) is 12.8 Å². The van der Waals surface area contributed by atoms with Crippen molar-refractivity contribution in [1.82, 2.24) is 10.5 Å². The second-order valence-corrected chi connectivity index (χ2v) is 8.58. The summed E-state index contributed by atoms with van der Waals surface area (Å²) in [6, 6.07) is 17.4. The van der Waals surface area contributed by atoms with Gasteiger partial charge in [-0.1, -0.05) is 41.6 Å². The Hall–Kier alpha value is -4.18. The maximum Gasteiger partial charge on any atom is 0.412 e. The number of Topliss-reactive ketones (excluding diaryl/α,β-unsaturated/α-hetero) is 1. The monoisotopic (exact) mass is 491 g/mol. The fourth-order valence-corrected chi connectivity index (χ4v) is 4.24. The number of fused-ring (bicyclic) bond motifs is 1. The molecule has 0 spiro atoms. The number of carbonyl (C=O) groups is 4. The van der Waals surface area contributed by atoms with Gasteiger partial charge < -0.3 is 19.9 Å². The lowest BCUT2D eigenvalue weighted by Crippen LogP contribution is -2.27. The van der Waals surface area contributed by atoms with Gasteiger partial charge in [-0.2, -0.15) is 0 Å². The summed E-state index contributed by atoms with van der Waals surface area (Å²) in [5.74, 6) is -0.877. The van der Waals surface area contributed by atoms with E-state index in [4.69, 9.17) is 9.26 Å². The summed E-state index contributed by atoms with van der Waals surface area (Å²) in [5.41, 5.74) is 0.170.